The first-order chi connectivity index (χ1) is 18.0. The second kappa shape index (κ2) is 11.7. The molecule has 0 bridgehead atoms. The van der Waals surface area contributed by atoms with Crippen molar-refractivity contribution in [2.75, 3.05) is 27.9 Å². The van der Waals surface area contributed by atoms with E-state index in [-0.39, 0.29) is 17.6 Å². The monoisotopic (exact) mass is 524 g/mol. The Bertz CT molecular complexity index is 1270. The molecule has 2 aromatic rings. The molecule has 1 aliphatic heterocycles. The number of hydrogen-bond donors (Lipinski definition) is 0. The van der Waals surface area contributed by atoms with Crippen molar-refractivity contribution in [1.82, 2.24) is 0 Å². The van der Waals surface area contributed by atoms with Crippen molar-refractivity contribution in [3.8, 4) is 28.7 Å². The predicted molar refractivity (Wildman–Crippen MR) is 152 cm³/mol. The lowest BCUT2D eigenvalue weighted by molar-refractivity contribution is 0.0960. The van der Waals surface area contributed by atoms with Gasteiger partial charge in [-0.3, -0.25) is 4.79 Å². The molecule has 1 heterocycles. The highest BCUT2D eigenvalue weighted by Gasteiger charge is 2.34. The molecule has 0 spiro atoms. The van der Waals surface area contributed by atoms with E-state index in [4.69, 9.17) is 23.7 Å². The van der Waals surface area contributed by atoms with Gasteiger partial charge in [0.05, 0.1) is 27.9 Å². The number of rotatable bonds is 10. The Kier molecular flexibility index (Phi) is 9.06. The summed E-state index contributed by atoms with van der Waals surface area (Å²) in [5.41, 5.74) is 7.53. The first-order valence-corrected chi connectivity index (χ1v) is 13.4. The summed E-state index contributed by atoms with van der Waals surface area (Å²) < 4.78 is 29.8. The van der Waals surface area contributed by atoms with Crippen LogP contribution in [0.2, 0.25) is 0 Å². The van der Waals surface area contributed by atoms with Crippen molar-refractivity contribution in [2.24, 2.45) is 5.92 Å². The molecule has 0 fully saturated rings. The first kappa shape index (κ1) is 29.4. The van der Waals surface area contributed by atoms with Crippen molar-refractivity contribution in [3.05, 3.63) is 50.3 Å². The normalized spacial score (nSPS) is 15.5. The van der Waals surface area contributed by atoms with E-state index in [0.717, 1.165) is 62.6 Å². The molecule has 1 aliphatic rings. The average Bonchev–Trinajstić information content (AvgIpc) is 2.88. The smallest absolute Gasteiger partial charge is 0.167 e. The molecule has 38 heavy (non-hydrogen) atoms. The molecule has 6 heteroatoms. The molecule has 0 saturated carbocycles. The second-order valence-corrected chi connectivity index (χ2v) is 10.4. The van der Waals surface area contributed by atoms with Crippen LogP contribution >= 0.6 is 0 Å². The van der Waals surface area contributed by atoms with Gasteiger partial charge in [0.2, 0.25) is 0 Å². The SMILES string of the molecule is CCCOc1c(C)c2c(c(C)c1OC)OC(C(C)CC(=O)c1c(C)c(C)c(OC)c(OC)c1C)=C(C)C2C. The van der Waals surface area contributed by atoms with Gasteiger partial charge in [0, 0.05) is 46.1 Å². The van der Waals surface area contributed by atoms with Gasteiger partial charge in [0.25, 0.3) is 0 Å². The lowest BCUT2D eigenvalue weighted by atomic mass is 9.82. The Morgan fingerprint density at radius 2 is 1.37 bits per heavy atom. The molecule has 2 aromatic carbocycles. The van der Waals surface area contributed by atoms with Gasteiger partial charge in [0.1, 0.15) is 11.5 Å². The molecule has 0 aromatic heterocycles. The number of allylic oxidation sites excluding steroid dienone is 2. The number of carbonyl (C=O) groups is 1. The molecule has 0 N–H and O–H groups in total. The maximum atomic E-state index is 13.7. The van der Waals surface area contributed by atoms with Crippen molar-refractivity contribution < 1.29 is 28.5 Å². The molecule has 0 aliphatic carbocycles. The van der Waals surface area contributed by atoms with E-state index in [0.29, 0.717) is 35.8 Å². The highest BCUT2D eigenvalue weighted by molar-refractivity contribution is 6.00. The summed E-state index contributed by atoms with van der Waals surface area (Å²) >= 11 is 0. The zero-order valence-corrected chi connectivity index (χ0v) is 25.2. The van der Waals surface area contributed by atoms with Gasteiger partial charge >= 0.3 is 0 Å². The summed E-state index contributed by atoms with van der Waals surface area (Å²) in [4.78, 5) is 13.7. The summed E-state index contributed by atoms with van der Waals surface area (Å²) in [6, 6.07) is 0. The number of Topliss-reactive ketones (excluding diaryl/α,β-unsaturated/α-hetero) is 1. The number of ether oxygens (including phenoxy) is 5. The van der Waals surface area contributed by atoms with Crippen LogP contribution in [0.5, 0.6) is 28.7 Å². The fourth-order valence-corrected chi connectivity index (χ4v) is 5.80. The van der Waals surface area contributed by atoms with E-state index >= 15 is 0 Å². The van der Waals surface area contributed by atoms with E-state index in [9.17, 15) is 4.79 Å². The molecular weight excluding hydrogens is 480 g/mol. The van der Waals surface area contributed by atoms with Crippen molar-refractivity contribution in [1.29, 1.82) is 0 Å². The zero-order chi connectivity index (χ0) is 28.5. The number of ketones is 1. The highest BCUT2D eigenvalue weighted by Crippen LogP contribution is 2.52. The Balaban J connectivity index is 2.02. The highest BCUT2D eigenvalue weighted by atomic mass is 16.5. The van der Waals surface area contributed by atoms with Crippen molar-refractivity contribution in [3.63, 3.8) is 0 Å². The maximum Gasteiger partial charge on any atom is 0.167 e. The predicted octanol–water partition coefficient (Wildman–Crippen LogP) is 7.72. The average molecular weight is 525 g/mol. The lowest BCUT2D eigenvalue weighted by Gasteiger charge is -2.33. The largest absolute Gasteiger partial charge is 0.493 e. The van der Waals surface area contributed by atoms with Crippen LogP contribution in [-0.4, -0.2) is 33.7 Å². The van der Waals surface area contributed by atoms with Crippen LogP contribution in [0.4, 0.5) is 0 Å². The van der Waals surface area contributed by atoms with E-state index in [2.05, 4.69) is 34.6 Å². The fourth-order valence-electron chi connectivity index (χ4n) is 5.80. The van der Waals surface area contributed by atoms with Gasteiger partial charge in [-0.15, -0.1) is 0 Å². The quantitative estimate of drug-likeness (QED) is 0.297. The topological polar surface area (TPSA) is 63.2 Å². The number of fused-ring (bicyclic) bond motifs is 1. The van der Waals surface area contributed by atoms with E-state index in [1.54, 1.807) is 21.3 Å². The molecule has 0 saturated heterocycles. The minimum absolute atomic E-state index is 0.0627. The third-order valence-corrected chi connectivity index (χ3v) is 8.04. The minimum atomic E-state index is -0.118. The lowest BCUT2D eigenvalue weighted by Crippen LogP contribution is -2.22. The Morgan fingerprint density at radius 3 is 1.92 bits per heavy atom. The Morgan fingerprint density at radius 1 is 0.816 bits per heavy atom. The maximum absolute atomic E-state index is 13.7. The van der Waals surface area contributed by atoms with Crippen molar-refractivity contribution in [2.45, 2.75) is 81.1 Å². The van der Waals surface area contributed by atoms with Crippen LogP contribution < -0.4 is 23.7 Å². The number of carbonyl (C=O) groups excluding carboxylic acids is 1. The molecule has 2 unspecified atom stereocenters. The summed E-state index contributed by atoms with van der Waals surface area (Å²) in [6.45, 7) is 19.0. The fraction of sp³-hybridized carbons (Fsp3) is 0.531. The summed E-state index contributed by atoms with van der Waals surface area (Å²) in [5.74, 6) is 4.49. The zero-order valence-electron chi connectivity index (χ0n) is 25.2. The Hall–Kier alpha value is -3.15. The number of hydrogen-bond acceptors (Lipinski definition) is 6. The van der Waals surface area contributed by atoms with E-state index in [1.165, 1.54) is 0 Å². The van der Waals surface area contributed by atoms with Gasteiger partial charge in [-0.2, -0.15) is 0 Å². The van der Waals surface area contributed by atoms with Gasteiger partial charge in [-0.1, -0.05) is 20.8 Å². The van der Waals surface area contributed by atoms with Gasteiger partial charge in [-0.05, 0) is 64.7 Å². The van der Waals surface area contributed by atoms with Crippen LogP contribution in [0.15, 0.2) is 11.3 Å². The van der Waals surface area contributed by atoms with Crippen LogP contribution in [0, 0.1) is 40.5 Å². The van der Waals surface area contributed by atoms with Crippen LogP contribution in [0.25, 0.3) is 0 Å². The van der Waals surface area contributed by atoms with Crippen LogP contribution in [0.3, 0.4) is 0 Å². The van der Waals surface area contributed by atoms with Gasteiger partial charge in [-0.25, -0.2) is 0 Å². The molecule has 0 radical (unpaired) electrons. The molecular formula is C32H44O6. The summed E-state index contributed by atoms with van der Waals surface area (Å²) in [7, 11) is 4.90. The minimum Gasteiger partial charge on any atom is -0.493 e. The molecule has 3 rings (SSSR count). The number of benzene rings is 2. The third kappa shape index (κ3) is 4.85. The van der Waals surface area contributed by atoms with Crippen molar-refractivity contribution >= 4 is 5.78 Å². The van der Waals surface area contributed by atoms with Crippen LogP contribution in [-0.2, 0) is 0 Å². The molecule has 6 nitrogen and oxygen atoms in total. The molecule has 208 valence electrons. The third-order valence-electron chi connectivity index (χ3n) is 8.04. The number of methoxy groups -OCH3 is 3. The second-order valence-electron chi connectivity index (χ2n) is 10.4. The first-order valence-electron chi connectivity index (χ1n) is 13.4. The molecule has 0 amide bonds. The summed E-state index contributed by atoms with van der Waals surface area (Å²) in [6.07, 6.45) is 1.23. The van der Waals surface area contributed by atoms with E-state index in [1.807, 2.05) is 27.7 Å². The summed E-state index contributed by atoms with van der Waals surface area (Å²) in [5, 5.41) is 0. The van der Waals surface area contributed by atoms with E-state index < -0.39 is 0 Å². The van der Waals surface area contributed by atoms with Gasteiger partial charge < -0.3 is 23.7 Å². The molecule has 2 atom stereocenters. The van der Waals surface area contributed by atoms with Crippen LogP contribution in [0.1, 0.15) is 90.2 Å². The van der Waals surface area contributed by atoms with Gasteiger partial charge in [0.15, 0.2) is 28.8 Å². The Labute approximate surface area is 228 Å². The standard InChI is InChI=1S/C32H44O6/c1-13-14-37-32-22(8)26-18(4)19(5)27(38-28(26)23(9)31(32)36-12)16(2)15-24(33)25-17(3)20(6)29(34-10)30(35-11)21(25)7/h16,18H,13-15H2,1-12H3.